The molecule has 1 heterocycles. The molecular formula is C42H54FN3O3. The van der Waals surface area contributed by atoms with Crippen molar-refractivity contribution < 1.29 is 19.5 Å². The fourth-order valence-corrected chi connectivity index (χ4v) is 6.97. The molecule has 262 valence electrons. The molecule has 4 N–H and O–H groups in total. The first-order chi connectivity index (χ1) is 23.2. The summed E-state index contributed by atoms with van der Waals surface area (Å²) in [5.74, 6) is -0.236. The van der Waals surface area contributed by atoms with Crippen LogP contribution in [0.15, 0.2) is 103 Å². The van der Waals surface area contributed by atoms with Gasteiger partial charge in [0.25, 0.3) is 5.91 Å². The number of halogens is 1. The highest BCUT2D eigenvalue weighted by molar-refractivity contribution is 6.07. The smallest absolute Gasteiger partial charge is 0.252 e. The zero-order chi connectivity index (χ0) is 34.9. The van der Waals surface area contributed by atoms with E-state index >= 15 is 0 Å². The first kappa shape index (κ1) is 39.0. The lowest BCUT2D eigenvalue weighted by atomic mass is 9.73. The van der Waals surface area contributed by atoms with E-state index in [4.69, 9.17) is 0 Å². The van der Waals surface area contributed by atoms with Gasteiger partial charge in [-0.3, -0.25) is 9.59 Å². The maximum absolute atomic E-state index is 14.5. The largest absolute Gasteiger partial charge is 0.412 e. The topological polar surface area (TPSA) is 92.9 Å². The van der Waals surface area contributed by atoms with Gasteiger partial charge >= 0.3 is 0 Å². The van der Waals surface area contributed by atoms with E-state index in [-0.39, 0.29) is 29.9 Å². The average Bonchev–Trinajstić information content (AvgIpc) is 3.61. The van der Waals surface area contributed by atoms with Gasteiger partial charge in [0.1, 0.15) is 11.1 Å². The Balaban J connectivity index is 0.00000125. The van der Waals surface area contributed by atoms with Crippen LogP contribution >= 0.6 is 0 Å². The number of hydrogen-bond acceptors (Lipinski definition) is 3. The third-order valence-electron chi connectivity index (χ3n) is 9.19. The summed E-state index contributed by atoms with van der Waals surface area (Å²) in [6.45, 7) is 16.9. The number of fused-ring (bicyclic) bond motifs is 4. The van der Waals surface area contributed by atoms with Crippen LogP contribution in [-0.2, 0) is 10.2 Å². The van der Waals surface area contributed by atoms with Gasteiger partial charge in [-0.1, -0.05) is 119 Å². The molecule has 0 bridgehead atoms. The van der Waals surface area contributed by atoms with E-state index in [9.17, 15) is 14.0 Å². The second-order valence-corrected chi connectivity index (χ2v) is 12.7. The lowest BCUT2D eigenvalue weighted by molar-refractivity contribution is -0.126. The molecule has 0 radical (unpaired) electrons. The van der Waals surface area contributed by atoms with Crippen molar-refractivity contribution in [3.05, 3.63) is 120 Å². The number of carbonyl (C=O) groups excluding carboxylic acids is 2. The van der Waals surface area contributed by atoms with Crippen LogP contribution in [0.5, 0.6) is 0 Å². The summed E-state index contributed by atoms with van der Waals surface area (Å²) < 4.78 is 14.5. The zero-order valence-corrected chi connectivity index (χ0v) is 30.0. The molecule has 2 aliphatic rings. The second kappa shape index (κ2) is 17.3. The fraction of sp³-hybridized carbons (Fsp3) is 0.381. The fourth-order valence-electron chi connectivity index (χ4n) is 6.97. The maximum atomic E-state index is 14.5. The molecule has 6 rings (SSSR count). The molecule has 6 nitrogen and oxygen atoms in total. The molecule has 0 saturated carbocycles. The molecule has 4 aromatic rings. The van der Waals surface area contributed by atoms with E-state index in [1.807, 2.05) is 107 Å². The van der Waals surface area contributed by atoms with E-state index in [0.29, 0.717) is 12.0 Å². The van der Waals surface area contributed by atoms with Crippen molar-refractivity contribution in [1.82, 2.24) is 15.5 Å². The van der Waals surface area contributed by atoms with Crippen molar-refractivity contribution in [3.8, 4) is 11.1 Å². The van der Waals surface area contributed by atoms with Crippen LogP contribution in [0.1, 0.15) is 88.7 Å². The Hall–Kier alpha value is -4.49. The number of benzene rings is 4. The van der Waals surface area contributed by atoms with Gasteiger partial charge < -0.3 is 21.0 Å². The zero-order valence-electron chi connectivity index (χ0n) is 30.0. The van der Waals surface area contributed by atoms with Crippen molar-refractivity contribution >= 4 is 22.6 Å². The average molecular weight is 668 g/mol. The minimum absolute atomic E-state index is 0. The molecule has 1 unspecified atom stereocenters. The lowest BCUT2D eigenvalue weighted by Crippen LogP contribution is -2.47. The standard InChI is InChI=1S/C38H40FN3O2.2C2H6.H2O/c1-26-34(41-35(43)31-18-12-14-27-13-4-5-15-28(27)31)21-24-42(26)23-11-10-22-38(36(44)40-25-37(2,3)39)32-19-8-6-16-29(32)30-17-7-9-20-33(30)38;2*1-2;/h4-9,12-20,34H,1,10-11,21-25H2,2-3H3,(H,40,44)(H,41,43);2*1-2H3;1H2. The Morgan fingerprint density at radius 1 is 0.857 bits per heavy atom. The van der Waals surface area contributed by atoms with Crippen molar-refractivity contribution in [2.24, 2.45) is 0 Å². The van der Waals surface area contributed by atoms with Gasteiger partial charge in [-0.15, -0.1) is 0 Å². The number of rotatable bonds is 10. The summed E-state index contributed by atoms with van der Waals surface area (Å²) in [7, 11) is 0. The quantitative estimate of drug-likeness (QED) is 0.166. The van der Waals surface area contributed by atoms with Crippen LogP contribution in [0, 0.1) is 0 Å². The molecule has 2 amide bonds. The highest BCUT2D eigenvalue weighted by Gasteiger charge is 2.48. The van der Waals surface area contributed by atoms with Crippen molar-refractivity contribution in [1.29, 1.82) is 0 Å². The van der Waals surface area contributed by atoms with Gasteiger partial charge in [0.05, 0.1) is 12.6 Å². The Morgan fingerprint density at radius 3 is 2.06 bits per heavy atom. The highest BCUT2D eigenvalue weighted by atomic mass is 19.1. The number of carbonyl (C=O) groups is 2. The molecule has 1 fully saturated rings. The summed E-state index contributed by atoms with van der Waals surface area (Å²) >= 11 is 0. The number of nitrogens with zero attached hydrogens (tertiary/aromatic N) is 1. The van der Waals surface area contributed by atoms with Crippen molar-refractivity contribution in [2.75, 3.05) is 19.6 Å². The van der Waals surface area contributed by atoms with Crippen LogP contribution in [0.3, 0.4) is 0 Å². The Morgan fingerprint density at radius 2 is 1.43 bits per heavy atom. The monoisotopic (exact) mass is 667 g/mol. The predicted octanol–water partition coefficient (Wildman–Crippen LogP) is 8.39. The Labute approximate surface area is 292 Å². The number of amides is 2. The molecule has 1 aliphatic carbocycles. The number of unbranched alkanes of at least 4 members (excludes halogenated alkanes) is 1. The molecule has 7 heteroatoms. The number of hydrogen-bond donors (Lipinski definition) is 2. The van der Waals surface area contributed by atoms with E-state index in [2.05, 4.69) is 34.2 Å². The Bertz CT molecular complexity index is 1680. The van der Waals surface area contributed by atoms with Crippen LogP contribution in [0.25, 0.3) is 21.9 Å². The molecule has 49 heavy (non-hydrogen) atoms. The van der Waals surface area contributed by atoms with Gasteiger partial charge in [0.2, 0.25) is 5.91 Å². The second-order valence-electron chi connectivity index (χ2n) is 12.7. The van der Waals surface area contributed by atoms with Crippen LogP contribution in [0.4, 0.5) is 4.39 Å². The SMILES string of the molecule is C=C1C(NC(=O)c2cccc3ccccc23)CCN1CCCCC1(C(=O)NCC(C)(C)F)c2ccccc2-c2ccccc21.CC.CC.O. The normalized spacial score (nSPS) is 15.4. The summed E-state index contributed by atoms with van der Waals surface area (Å²) in [6.07, 6.45) is 3.07. The highest BCUT2D eigenvalue weighted by Crippen LogP contribution is 2.51. The molecule has 1 aliphatic heterocycles. The number of likely N-dealkylation sites (tertiary alicyclic amines) is 1. The van der Waals surface area contributed by atoms with Crippen LogP contribution in [-0.4, -0.2) is 53.5 Å². The van der Waals surface area contributed by atoms with Gasteiger partial charge in [0.15, 0.2) is 0 Å². The van der Waals surface area contributed by atoms with Gasteiger partial charge in [-0.05, 0) is 78.6 Å². The lowest BCUT2D eigenvalue weighted by Gasteiger charge is -2.32. The first-order valence-corrected chi connectivity index (χ1v) is 17.6. The summed E-state index contributed by atoms with van der Waals surface area (Å²) in [5, 5.41) is 8.14. The van der Waals surface area contributed by atoms with E-state index in [1.54, 1.807) is 0 Å². The van der Waals surface area contributed by atoms with E-state index in [1.165, 1.54) is 13.8 Å². The molecule has 0 spiro atoms. The summed E-state index contributed by atoms with van der Waals surface area (Å²) in [5.41, 5.74) is 3.30. The Kier molecular flexibility index (Phi) is 13.7. The number of alkyl halides is 1. The predicted molar refractivity (Wildman–Crippen MR) is 202 cm³/mol. The van der Waals surface area contributed by atoms with E-state index in [0.717, 1.165) is 71.1 Å². The van der Waals surface area contributed by atoms with Gasteiger partial charge in [-0.25, -0.2) is 4.39 Å². The number of nitrogens with one attached hydrogen (secondary N) is 2. The van der Waals surface area contributed by atoms with E-state index < -0.39 is 11.1 Å². The van der Waals surface area contributed by atoms with Crippen molar-refractivity contribution in [2.45, 2.75) is 84.4 Å². The summed E-state index contributed by atoms with van der Waals surface area (Å²) in [4.78, 5) is 29.6. The third kappa shape index (κ3) is 8.22. The minimum Gasteiger partial charge on any atom is -0.412 e. The van der Waals surface area contributed by atoms with Crippen molar-refractivity contribution in [3.63, 3.8) is 0 Å². The third-order valence-corrected chi connectivity index (χ3v) is 9.19. The van der Waals surface area contributed by atoms with Crippen LogP contribution < -0.4 is 10.6 Å². The maximum Gasteiger partial charge on any atom is 0.252 e. The molecule has 0 aromatic heterocycles. The molecule has 1 saturated heterocycles. The van der Waals surface area contributed by atoms with Crippen LogP contribution in [0.2, 0.25) is 0 Å². The van der Waals surface area contributed by atoms with Gasteiger partial charge in [-0.2, -0.15) is 0 Å². The molecule has 1 atom stereocenters. The minimum atomic E-state index is -1.51. The molecular weight excluding hydrogens is 613 g/mol. The summed E-state index contributed by atoms with van der Waals surface area (Å²) in [6, 6.07) is 29.8. The first-order valence-electron chi connectivity index (χ1n) is 17.6. The molecule has 4 aromatic carbocycles. The van der Waals surface area contributed by atoms with Gasteiger partial charge in [0, 0.05) is 24.4 Å².